The molecular weight excluding hydrogens is 1280 g/mol. The van der Waals surface area contributed by atoms with E-state index in [2.05, 4.69) is 70.1 Å². The minimum atomic E-state index is -5.56. The van der Waals surface area contributed by atoms with Crippen LogP contribution in [0.25, 0.3) is 10.8 Å². The third kappa shape index (κ3) is 21.8. The Bertz CT molecular complexity index is 3800. The first-order chi connectivity index (χ1) is 35.2. The van der Waals surface area contributed by atoms with Crippen LogP contribution in [0.5, 0.6) is 5.75 Å². The van der Waals surface area contributed by atoms with Crippen LogP contribution in [-0.2, 0) is 68.8 Å². The molecule has 0 amide bonds. The van der Waals surface area contributed by atoms with Gasteiger partial charge in [0.2, 0.25) is 17.2 Å². The molecule has 0 aliphatic rings. The summed E-state index contributed by atoms with van der Waals surface area (Å²) in [6.45, 7) is 1.72. The predicted molar refractivity (Wildman–Crippen MR) is 256 cm³/mol. The molecule has 0 bridgehead atoms. The number of fused-ring (bicyclic) bond motifs is 1. The quantitative estimate of drug-likeness (QED) is 0.00786. The Kier molecular flexibility index (Phi) is 32.7. The molecule has 0 radical (unpaired) electrons. The Labute approximate surface area is 579 Å². The number of anilines is 5. The Balaban J connectivity index is 0.00000640. The largest absolute Gasteiger partial charge is 1.00 e. The third-order valence-corrected chi connectivity index (χ3v) is 16.9. The van der Waals surface area contributed by atoms with Crippen molar-refractivity contribution in [2.24, 2.45) is 20.5 Å². The van der Waals surface area contributed by atoms with E-state index < -0.39 is 110 Å². The molecule has 402 valence electrons. The van der Waals surface area contributed by atoms with Crippen molar-refractivity contribution in [2.75, 3.05) is 39.1 Å². The Morgan fingerprint density at radius 2 is 1.18 bits per heavy atom. The zero-order valence-corrected chi connectivity index (χ0v) is 58.6. The van der Waals surface area contributed by atoms with Crippen LogP contribution in [-0.4, -0.2) is 98.9 Å². The molecule has 30 nitrogen and oxygen atoms in total. The minimum absolute atomic E-state index is 0. The average molecular weight is 1310 g/mol. The van der Waals surface area contributed by atoms with E-state index in [9.17, 15) is 71.4 Å². The van der Waals surface area contributed by atoms with Gasteiger partial charge in [0, 0.05) is 39.9 Å². The molecule has 0 spiro atoms. The molecule has 5 aromatic carbocycles. The van der Waals surface area contributed by atoms with E-state index in [1.54, 1.807) is 6.92 Å². The zero-order chi connectivity index (χ0) is 54.9. The summed E-state index contributed by atoms with van der Waals surface area (Å²) in [5.74, 6) is -3.77. The molecule has 0 saturated carbocycles. The number of azo groups is 2. The number of nitrogens with zero attached hydrogens (tertiary/aromatic N) is 7. The molecule has 43 heteroatoms. The molecule has 0 atom stereocenters. The van der Waals surface area contributed by atoms with Crippen LogP contribution in [0.15, 0.2) is 124 Å². The number of hydrogen-bond donors (Lipinski definition) is 4. The van der Waals surface area contributed by atoms with E-state index >= 15 is 0 Å². The van der Waals surface area contributed by atoms with Crippen molar-refractivity contribution in [1.29, 1.82) is 0 Å². The molecule has 0 aliphatic carbocycles. The van der Waals surface area contributed by atoms with Crippen LogP contribution in [0.3, 0.4) is 0 Å². The molecule has 0 unspecified atom stereocenters. The van der Waals surface area contributed by atoms with Gasteiger partial charge in [0.1, 0.15) is 59.0 Å². The first-order valence-corrected chi connectivity index (χ1v) is 29.7. The maximum absolute atomic E-state index is 12.9. The molecule has 0 saturated heterocycles. The fraction of sp³-hybridized carbons (Fsp3) is 0.162. The smallest absolute Gasteiger partial charge is 0.747 e. The number of phenolic OH excluding ortho intramolecular Hbond substituents is 1. The van der Waals surface area contributed by atoms with Crippen LogP contribution in [0, 0.1) is 0 Å². The van der Waals surface area contributed by atoms with Gasteiger partial charge in [-0.25, -0.2) is 42.1 Å². The maximum Gasteiger partial charge on any atom is 1.00 e. The number of rotatable bonds is 25. The molecule has 80 heavy (non-hydrogen) atoms. The number of hydrogen-bond acceptors (Lipinski definition) is 32. The molecule has 0 fully saturated rings. The van der Waals surface area contributed by atoms with Gasteiger partial charge in [-0.1, -0.05) is 6.92 Å². The molecule has 6 aromatic rings. The van der Waals surface area contributed by atoms with Gasteiger partial charge in [-0.15, -0.1) is 20.5 Å². The van der Waals surface area contributed by atoms with E-state index in [1.807, 2.05) is 0 Å². The summed E-state index contributed by atoms with van der Waals surface area (Å²) in [6.07, 6.45) is 0.406. The van der Waals surface area contributed by atoms with E-state index in [1.165, 1.54) is 24.3 Å². The van der Waals surface area contributed by atoms with Crippen molar-refractivity contribution < 1.29 is 238 Å². The summed E-state index contributed by atoms with van der Waals surface area (Å²) < 4.78 is 169. The van der Waals surface area contributed by atoms with Crippen LogP contribution in [0.4, 0.5) is 51.7 Å². The monoisotopic (exact) mass is 1310 g/mol. The molecule has 4 N–H and O–H groups in total. The van der Waals surface area contributed by atoms with Crippen LogP contribution >= 0.6 is 35.7 Å². The van der Waals surface area contributed by atoms with Crippen molar-refractivity contribution in [1.82, 2.24) is 15.0 Å². The molecule has 0 aliphatic heterocycles. The average Bonchev–Trinajstić information content (AvgIpc) is 3.32. The van der Waals surface area contributed by atoms with Gasteiger partial charge in [-0.3, -0.25) is 10.1 Å². The number of halogens is 1. The van der Waals surface area contributed by atoms with E-state index in [-0.39, 0.29) is 216 Å². The molecule has 6 rings (SSSR count). The Morgan fingerprint density at radius 3 is 1.76 bits per heavy atom. The van der Waals surface area contributed by atoms with Crippen molar-refractivity contribution in [3.63, 3.8) is 0 Å². The van der Waals surface area contributed by atoms with Gasteiger partial charge in [0.25, 0.3) is 0 Å². The minimum Gasteiger partial charge on any atom is -0.747 e. The van der Waals surface area contributed by atoms with Gasteiger partial charge < -0.3 is 45.2 Å². The summed E-state index contributed by atoms with van der Waals surface area (Å²) in [5.41, 5.74) is -2.70. The van der Waals surface area contributed by atoms with Gasteiger partial charge in [-0.05, 0) is 96.9 Å². The first-order valence-electron chi connectivity index (χ1n) is 20.0. The van der Waals surface area contributed by atoms with Gasteiger partial charge in [-0.2, -0.15) is 23.6 Å². The first kappa shape index (κ1) is 77.2. The second-order valence-corrected chi connectivity index (χ2v) is 24.6. The van der Waals surface area contributed by atoms with Crippen LogP contribution < -0.4 is 174 Å². The number of aromatic hydroxyl groups is 1. The van der Waals surface area contributed by atoms with Gasteiger partial charge in [0.15, 0.2) is 25.4 Å². The normalized spacial score (nSPS) is 11.9. The number of benzene rings is 5. The summed E-state index contributed by atoms with van der Waals surface area (Å²) in [6, 6.07) is 13.8. The van der Waals surface area contributed by atoms with Crippen molar-refractivity contribution >= 4 is 148 Å². The van der Waals surface area contributed by atoms with E-state index in [0.29, 0.717) is 30.2 Å². The summed E-state index contributed by atoms with van der Waals surface area (Å²) >= 11 is 6.49. The van der Waals surface area contributed by atoms with Crippen molar-refractivity contribution in [3.05, 3.63) is 84.1 Å². The second-order valence-electron chi connectivity index (χ2n) is 14.5. The number of nitrogens with one attached hydrogen (secondary N) is 3. The zero-order valence-electron chi connectivity index (χ0n) is 42.1. The van der Waals surface area contributed by atoms with E-state index in [4.69, 9.17) is 11.6 Å². The SMILES string of the molecule is CCCS(=O)(=O)c1ccc(Nc2nc(Cl)nc(Nc3ccc(S(=O)(=O)[O-])c(N=Nc4c(SOO[O-])cc5c(N=Nc6ccc(S(=O)(=O)CCSOO[O-])cc6S(=O)(=O)[O-])c(NCS(=O)(=O)[O-])ccc5c4O)c3)n2)cc1.[Na+].[Na+].[Na+].[Na+].[Na+]. The summed E-state index contributed by atoms with van der Waals surface area (Å²) in [7, 11) is -23.8. The van der Waals surface area contributed by atoms with E-state index in [0.717, 1.165) is 48.5 Å². The third-order valence-electron chi connectivity index (χ3n) is 9.42. The van der Waals surface area contributed by atoms with Crippen LogP contribution in [0.1, 0.15) is 13.3 Å². The predicted octanol–water partition coefficient (Wildman–Crippen LogP) is -10.5. The number of aromatic nitrogens is 3. The second kappa shape index (κ2) is 33.9. The topological polar surface area (TPSA) is 467 Å². The molecular formula is C37H30ClN10Na5O20S7. The standard InChI is InChI=1S/C37H35ClN10O20S7.5Na/c1-2-14-71(52,53)22-6-3-20(4-7-22)40-36-42-35(38)43-37(44-36)41-21-5-12-30(74(59,60)61)28(16-21)46-48-33-29(70-68-66-51)18-25-24(34(33)49)9-11-27(39-19-73(56,57)58)32(25)47-45-26-10-8-23(17-31(26)75(62,63)64)72(54,55)15-13-69-67-65-50;;;;;/h3-12,16-18,39,49-51H,2,13-15,19H2,1H3,(H,56,57,58)(H,59,60,61)(H,62,63,64)(H2,40,41,42,43,44);;;;;/q;5*+1/p-5. The number of sulfone groups is 2. The fourth-order valence-corrected chi connectivity index (χ4v) is 11.9. The Hall–Kier alpha value is -0.850. The summed E-state index contributed by atoms with van der Waals surface area (Å²) in [4.78, 5) is 8.93. The summed E-state index contributed by atoms with van der Waals surface area (Å²) in [5, 5.41) is 61.7. The Morgan fingerprint density at radius 1 is 0.613 bits per heavy atom. The maximum atomic E-state index is 12.9. The number of phenols is 1. The molecule has 1 heterocycles. The van der Waals surface area contributed by atoms with Gasteiger partial charge >= 0.3 is 148 Å². The van der Waals surface area contributed by atoms with Crippen molar-refractivity contribution in [2.45, 2.75) is 37.8 Å². The fourth-order valence-electron chi connectivity index (χ4n) is 6.26. The van der Waals surface area contributed by atoms with Gasteiger partial charge in [0.05, 0.1) is 53.7 Å². The van der Waals surface area contributed by atoms with Crippen molar-refractivity contribution in [3.8, 4) is 5.75 Å². The van der Waals surface area contributed by atoms with Crippen LogP contribution in [0.2, 0.25) is 5.28 Å². The molecule has 1 aromatic heterocycles.